The molecule has 0 spiro atoms. The highest BCUT2D eigenvalue weighted by molar-refractivity contribution is 7.10. The molecule has 62 valence electrons. The van der Waals surface area contributed by atoms with Crippen LogP contribution in [0.3, 0.4) is 0 Å². The van der Waals surface area contributed by atoms with Crippen molar-refractivity contribution >= 4 is 11.3 Å². The minimum atomic E-state index is 0.615. The van der Waals surface area contributed by atoms with Crippen molar-refractivity contribution in [1.29, 1.82) is 0 Å². The molecule has 11 heavy (non-hydrogen) atoms. The van der Waals surface area contributed by atoms with Gasteiger partial charge in [0, 0.05) is 4.88 Å². The molecule has 2 N–H and O–H groups in total. The van der Waals surface area contributed by atoms with E-state index in [1.165, 1.54) is 10.4 Å². The van der Waals surface area contributed by atoms with E-state index >= 15 is 0 Å². The van der Waals surface area contributed by atoms with E-state index in [2.05, 4.69) is 25.3 Å². The predicted molar refractivity (Wildman–Crippen MR) is 51.0 cm³/mol. The van der Waals surface area contributed by atoms with Crippen LogP contribution in [0.2, 0.25) is 0 Å². The van der Waals surface area contributed by atoms with E-state index in [0.717, 1.165) is 13.0 Å². The summed E-state index contributed by atoms with van der Waals surface area (Å²) in [4.78, 5) is 1.39. The van der Waals surface area contributed by atoms with Crippen molar-refractivity contribution in [2.75, 3.05) is 6.54 Å². The summed E-state index contributed by atoms with van der Waals surface area (Å²) in [6.07, 6.45) is 1.13. The molecule has 1 aromatic heterocycles. The number of hydrogen-bond donors (Lipinski definition) is 1. The van der Waals surface area contributed by atoms with Crippen molar-refractivity contribution in [2.45, 2.75) is 20.3 Å². The fourth-order valence-corrected chi connectivity index (χ4v) is 1.81. The molecule has 0 amide bonds. The van der Waals surface area contributed by atoms with E-state index in [1.807, 2.05) is 11.3 Å². The molecular formula is C9H15NS. The van der Waals surface area contributed by atoms with E-state index in [-0.39, 0.29) is 0 Å². The summed E-state index contributed by atoms with van der Waals surface area (Å²) in [5.74, 6) is 0.615. The van der Waals surface area contributed by atoms with Crippen LogP contribution >= 0.6 is 11.3 Å². The lowest BCUT2D eigenvalue weighted by Crippen LogP contribution is -2.12. The monoisotopic (exact) mass is 169 g/mol. The fraction of sp³-hybridized carbons (Fsp3) is 0.556. The topological polar surface area (TPSA) is 26.0 Å². The number of hydrogen-bond acceptors (Lipinski definition) is 2. The molecule has 0 saturated heterocycles. The summed E-state index contributed by atoms with van der Waals surface area (Å²) in [5, 5.41) is 2.22. The lowest BCUT2D eigenvalue weighted by Gasteiger charge is -2.04. The molecule has 0 aliphatic heterocycles. The molecule has 0 aliphatic rings. The molecule has 2 heteroatoms. The Kier molecular flexibility index (Phi) is 3.09. The van der Waals surface area contributed by atoms with E-state index in [1.54, 1.807) is 0 Å². The van der Waals surface area contributed by atoms with Gasteiger partial charge >= 0.3 is 0 Å². The first-order chi connectivity index (χ1) is 5.22. The van der Waals surface area contributed by atoms with Crippen LogP contribution in [-0.2, 0) is 6.42 Å². The third-order valence-corrected chi connectivity index (χ3v) is 2.68. The molecule has 1 rings (SSSR count). The second kappa shape index (κ2) is 3.88. The van der Waals surface area contributed by atoms with Crippen LogP contribution in [0.15, 0.2) is 11.4 Å². The van der Waals surface area contributed by atoms with Gasteiger partial charge in [0.1, 0.15) is 0 Å². The second-order valence-corrected chi connectivity index (χ2v) is 4.23. The largest absolute Gasteiger partial charge is 0.330 e. The third-order valence-electron chi connectivity index (χ3n) is 1.77. The maximum Gasteiger partial charge on any atom is 0.00170 e. The molecule has 0 radical (unpaired) electrons. The molecule has 0 fully saturated rings. The zero-order chi connectivity index (χ0) is 8.27. The third kappa shape index (κ3) is 2.64. The summed E-state index contributed by atoms with van der Waals surface area (Å²) in [7, 11) is 0. The molecule has 0 saturated carbocycles. The highest BCUT2D eigenvalue weighted by Crippen LogP contribution is 2.16. The van der Waals surface area contributed by atoms with Crippen molar-refractivity contribution < 1.29 is 0 Å². The summed E-state index contributed by atoms with van der Waals surface area (Å²) >= 11 is 1.82. The molecule has 1 heterocycles. The maximum absolute atomic E-state index is 5.53. The van der Waals surface area contributed by atoms with Gasteiger partial charge in [-0.25, -0.2) is 0 Å². The van der Waals surface area contributed by atoms with Crippen molar-refractivity contribution in [3.63, 3.8) is 0 Å². The first-order valence-corrected chi connectivity index (χ1v) is 4.84. The Hall–Kier alpha value is -0.340. The standard InChI is InChI=1S/C9H15NS/c1-7(5-10)3-9-4-8(2)11-6-9/h4,6-7H,3,5,10H2,1-2H3. The van der Waals surface area contributed by atoms with Gasteiger partial charge in [0.25, 0.3) is 0 Å². The molecule has 1 atom stereocenters. The van der Waals surface area contributed by atoms with Crippen molar-refractivity contribution in [3.05, 3.63) is 21.9 Å². The minimum Gasteiger partial charge on any atom is -0.330 e. The Morgan fingerprint density at radius 3 is 2.82 bits per heavy atom. The van der Waals surface area contributed by atoms with Gasteiger partial charge in [-0.2, -0.15) is 0 Å². The van der Waals surface area contributed by atoms with Gasteiger partial charge in [0.15, 0.2) is 0 Å². The zero-order valence-corrected chi connectivity index (χ0v) is 7.95. The van der Waals surface area contributed by atoms with Crippen LogP contribution in [0, 0.1) is 12.8 Å². The van der Waals surface area contributed by atoms with Gasteiger partial charge in [-0.1, -0.05) is 6.92 Å². The van der Waals surface area contributed by atoms with E-state index < -0.39 is 0 Å². The van der Waals surface area contributed by atoms with Crippen LogP contribution in [0.1, 0.15) is 17.4 Å². The van der Waals surface area contributed by atoms with Gasteiger partial charge in [0.05, 0.1) is 0 Å². The molecule has 1 unspecified atom stereocenters. The maximum atomic E-state index is 5.53. The summed E-state index contributed by atoms with van der Waals surface area (Å²) in [5.41, 5.74) is 6.97. The Morgan fingerprint density at radius 2 is 2.36 bits per heavy atom. The summed E-state index contributed by atoms with van der Waals surface area (Å²) in [6, 6.07) is 2.25. The fourth-order valence-electron chi connectivity index (χ4n) is 1.09. The normalized spacial score (nSPS) is 13.4. The average molecular weight is 169 g/mol. The highest BCUT2D eigenvalue weighted by Gasteiger charge is 2.01. The number of thiophene rings is 1. The van der Waals surface area contributed by atoms with Crippen LogP contribution in [0.4, 0.5) is 0 Å². The smallest absolute Gasteiger partial charge is 0.00170 e. The van der Waals surface area contributed by atoms with Crippen LogP contribution < -0.4 is 5.73 Å². The van der Waals surface area contributed by atoms with Crippen molar-refractivity contribution in [3.8, 4) is 0 Å². The van der Waals surface area contributed by atoms with Crippen molar-refractivity contribution in [2.24, 2.45) is 11.7 Å². The SMILES string of the molecule is Cc1cc(CC(C)CN)cs1. The molecular weight excluding hydrogens is 154 g/mol. The molecule has 1 nitrogen and oxygen atoms in total. The van der Waals surface area contributed by atoms with Crippen LogP contribution in [-0.4, -0.2) is 6.54 Å². The lowest BCUT2D eigenvalue weighted by atomic mass is 10.0. The van der Waals surface area contributed by atoms with E-state index in [4.69, 9.17) is 5.73 Å². The highest BCUT2D eigenvalue weighted by atomic mass is 32.1. The minimum absolute atomic E-state index is 0.615. The first kappa shape index (κ1) is 8.75. The van der Waals surface area contributed by atoms with E-state index in [0.29, 0.717) is 5.92 Å². The lowest BCUT2D eigenvalue weighted by molar-refractivity contribution is 0.594. The Balaban J connectivity index is 2.50. The molecule has 0 aromatic carbocycles. The number of rotatable bonds is 3. The summed E-state index contributed by atoms with van der Waals surface area (Å²) in [6.45, 7) is 5.11. The van der Waals surface area contributed by atoms with Crippen LogP contribution in [0.25, 0.3) is 0 Å². The number of nitrogens with two attached hydrogens (primary N) is 1. The van der Waals surface area contributed by atoms with E-state index in [9.17, 15) is 0 Å². The Morgan fingerprint density at radius 1 is 1.64 bits per heavy atom. The zero-order valence-electron chi connectivity index (χ0n) is 7.13. The average Bonchev–Trinajstić information content (AvgIpc) is 2.35. The number of aryl methyl sites for hydroxylation is 1. The second-order valence-electron chi connectivity index (χ2n) is 3.11. The van der Waals surface area contributed by atoms with Crippen molar-refractivity contribution in [1.82, 2.24) is 0 Å². The van der Waals surface area contributed by atoms with Crippen LogP contribution in [0.5, 0.6) is 0 Å². The molecule has 0 aliphatic carbocycles. The van der Waals surface area contributed by atoms with Gasteiger partial charge in [-0.3, -0.25) is 0 Å². The Bertz CT molecular complexity index is 217. The quantitative estimate of drug-likeness (QED) is 0.737. The molecule has 1 aromatic rings. The Labute approximate surface area is 72.2 Å². The molecule has 0 bridgehead atoms. The first-order valence-electron chi connectivity index (χ1n) is 3.96. The van der Waals surface area contributed by atoms with Gasteiger partial charge < -0.3 is 5.73 Å². The van der Waals surface area contributed by atoms with Gasteiger partial charge in [-0.05, 0) is 42.8 Å². The predicted octanol–water partition coefficient (Wildman–Crippen LogP) is 2.19. The van der Waals surface area contributed by atoms with Gasteiger partial charge in [0.2, 0.25) is 0 Å². The summed E-state index contributed by atoms with van der Waals surface area (Å²) < 4.78 is 0. The van der Waals surface area contributed by atoms with Gasteiger partial charge in [-0.15, -0.1) is 11.3 Å².